The van der Waals surface area contributed by atoms with Crippen LogP contribution in [-0.4, -0.2) is 15.6 Å². The maximum absolute atomic E-state index is 10.8. The van der Waals surface area contributed by atoms with Crippen molar-refractivity contribution in [2.24, 2.45) is 7.05 Å². The van der Waals surface area contributed by atoms with Crippen molar-refractivity contribution in [1.82, 2.24) is 4.57 Å². The lowest BCUT2D eigenvalue weighted by molar-refractivity contribution is -0.136. The third kappa shape index (κ3) is 2.50. The van der Waals surface area contributed by atoms with E-state index in [0.717, 1.165) is 5.69 Å². The van der Waals surface area contributed by atoms with Gasteiger partial charge in [0.05, 0.1) is 0 Å². The molecule has 1 N–H and O–H groups in total. The average Bonchev–Trinajstić information content (AvgIpc) is 2.59. The van der Waals surface area contributed by atoms with E-state index >= 15 is 0 Å². The number of carboxylic acids is 1. The summed E-state index contributed by atoms with van der Waals surface area (Å²) in [4.78, 5) is 10.8. The molecule has 3 heteroatoms. The average molecular weight is 259 g/mol. The molecule has 0 bridgehead atoms. The van der Waals surface area contributed by atoms with Gasteiger partial charge in [0, 0.05) is 30.1 Å². The summed E-state index contributed by atoms with van der Waals surface area (Å²) in [6.45, 7) is 6.41. The fourth-order valence-electron chi connectivity index (χ4n) is 2.57. The molecule has 0 fully saturated rings. The summed E-state index contributed by atoms with van der Waals surface area (Å²) in [6, 6.07) is 6.51. The quantitative estimate of drug-likeness (QED) is 0.911. The molecular formula is C16H21NO2. The summed E-state index contributed by atoms with van der Waals surface area (Å²) in [6.07, 6.45) is 0.784. The Kier molecular flexibility index (Phi) is 3.65. The smallest absolute Gasteiger partial charge is 0.303 e. The van der Waals surface area contributed by atoms with Crippen LogP contribution < -0.4 is 0 Å². The zero-order chi connectivity index (χ0) is 14.2. The van der Waals surface area contributed by atoms with Gasteiger partial charge in [-0.05, 0) is 42.5 Å². The molecule has 0 aliphatic rings. The molecule has 3 nitrogen and oxygen atoms in total. The number of carbonyl (C=O) groups is 1. The first-order chi connectivity index (χ1) is 8.91. The molecular weight excluding hydrogens is 238 g/mol. The highest BCUT2D eigenvalue weighted by Gasteiger charge is 2.14. The predicted octanol–water partition coefficient (Wildman–Crippen LogP) is 3.63. The molecule has 19 heavy (non-hydrogen) atoms. The van der Waals surface area contributed by atoms with Crippen LogP contribution in [0.3, 0.4) is 0 Å². The number of nitrogens with zero attached hydrogens (tertiary/aromatic N) is 1. The van der Waals surface area contributed by atoms with Gasteiger partial charge >= 0.3 is 5.97 Å². The largest absolute Gasteiger partial charge is 0.481 e. The van der Waals surface area contributed by atoms with E-state index in [9.17, 15) is 4.79 Å². The van der Waals surface area contributed by atoms with E-state index in [1.165, 1.54) is 22.0 Å². The zero-order valence-electron chi connectivity index (χ0n) is 12.0. The van der Waals surface area contributed by atoms with Crippen LogP contribution in [0.4, 0.5) is 0 Å². The van der Waals surface area contributed by atoms with Crippen LogP contribution in [0.25, 0.3) is 10.9 Å². The highest BCUT2D eigenvalue weighted by Crippen LogP contribution is 2.29. The zero-order valence-corrected chi connectivity index (χ0v) is 12.0. The van der Waals surface area contributed by atoms with Gasteiger partial charge in [-0.1, -0.05) is 19.9 Å². The molecule has 0 amide bonds. The fourth-order valence-corrected chi connectivity index (χ4v) is 2.57. The van der Waals surface area contributed by atoms with Crippen molar-refractivity contribution < 1.29 is 9.90 Å². The molecule has 0 saturated heterocycles. The van der Waals surface area contributed by atoms with Crippen molar-refractivity contribution >= 4 is 16.9 Å². The van der Waals surface area contributed by atoms with Crippen LogP contribution in [0, 0.1) is 6.92 Å². The lowest BCUT2D eigenvalue weighted by atomic mass is 9.98. The number of hydrogen-bond donors (Lipinski definition) is 1. The molecule has 102 valence electrons. The second kappa shape index (κ2) is 5.08. The minimum Gasteiger partial charge on any atom is -0.481 e. The monoisotopic (exact) mass is 259 g/mol. The van der Waals surface area contributed by atoms with Crippen LogP contribution in [0.15, 0.2) is 18.2 Å². The van der Waals surface area contributed by atoms with Crippen molar-refractivity contribution in [2.45, 2.75) is 39.5 Å². The summed E-state index contributed by atoms with van der Waals surface area (Å²) in [5, 5.41) is 10.1. The van der Waals surface area contributed by atoms with E-state index < -0.39 is 5.97 Å². The molecule has 1 aromatic heterocycles. The summed E-state index contributed by atoms with van der Waals surface area (Å²) >= 11 is 0. The second-order valence-corrected chi connectivity index (χ2v) is 5.45. The Labute approximate surface area is 113 Å². The maximum Gasteiger partial charge on any atom is 0.303 e. The molecule has 0 spiro atoms. The summed E-state index contributed by atoms with van der Waals surface area (Å²) in [5.41, 5.74) is 4.82. The van der Waals surface area contributed by atoms with Gasteiger partial charge in [-0.25, -0.2) is 0 Å². The Bertz CT molecular complexity index is 623. The first-order valence-corrected chi connectivity index (χ1v) is 6.71. The van der Waals surface area contributed by atoms with Gasteiger partial charge in [0.15, 0.2) is 0 Å². The number of hydrogen-bond acceptors (Lipinski definition) is 1. The van der Waals surface area contributed by atoms with Gasteiger partial charge in [0.25, 0.3) is 0 Å². The Morgan fingerprint density at radius 1 is 1.37 bits per heavy atom. The highest BCUT2D eigenvalue weighted by atomic mass is 16.4. The first-order valence-electron chi connectivity index (χ1n) is 6.71. The summed E-state index contributed by atoms with van der Waals surface area (Å²) in [5.74, 6) is -0.256. The third-order valence-corrected chi connectivity index (χ3v) is 3.90. The SMILES string of the molecule is Cc1c(CCC(=O)O)c2cc(C(C)C)ccc2n1C. The van der Waals surface area contributed by atoms with E-state index in [4.69, 9.17) is 5.11 Å². The standard InChI is InChI=1S/C16H21NO2/c1-10(2)12-5-7-15-14(9-12)13(6-8-16(18)19)11(3)17(15)4/h5,7,9-10H,6,8H2,1-4H3,(H,18,19). The lowest BCUT2D eigenvalue weighted by Crippen LogP contribution is -1.99. The van der Waals surface area contributed by atoms with Crippen LogP contribution in [0.2, 0.25) is 0 Å². The Balaban J connectivity index is 2.56. The minimum absolute atomic E-state index is 0.186. The van der Waals surface area contributed by atoms with Crippen molar-refractivity contribution in [3.8, 4) is 0 Å². The molecule has 1 heterocycles. The van der Waals surface area contributed by atoms with Gasteiger partial charge in [0.1, 0.15) is 0 Å². The van der Waals surface area contributed by atoms with Crippen LogP contribution >= 0.6 is 0 Å². The molecule has 0 aliphatic carbocycles. The molecule has 2 rings (SSSR count). The van der Waals surface area contributed by atoms with Crippen molar-refractivity contribution in [1.29, 1.82) is 0 Å². The maximum atomic E-state index is 10.8. The van der Waals surface area contributed by atoms with E-state index in [0.29, 0.717) is 12.3 Å². The van der Waals surface area contributed by atoms with Crippen molar-refractivity contribution in [2.75, 3.05) is 0 Å². The number of aliphatic carboxylic acids is 1. The van der Waals surface area contributed by atoms with Gasteiger partial charge in [-0.2, -0.15) is 0 Å². The number of benzene rings is 1. The van der Waals surface area contributed by atoms with E-state index in [2.05, 4.69) is 43.5 Å². The van der Waals surface area contributed by atoms with Crippen molar-refractivity contribution in [3.63, 3.8) is 0 Å². The number of aromatic nitrogens is 1. The van der Waals surface area contributed by atoms with Crippen molar-refractivity contribution in [3.05, 3.63) is 35.0 Å². The molecule has 0 unspecified atom stereocenters. The van der Waals surface area contributed by atoms with Crippen LogP contribution in [0.1, 0.15) is 43.0 Å². The summed E-state index contributed by atoms with van der Waals surface area (Å²) < 4.78 is 2.15. The van der Waals surface area contributed by atoms with Crippen LogP contribution in [0.5, 0.6) is 0 Å². The number of aryl methyl sites for hydroxylation is 2. The molecule has 0 radical (unpaired) electrons. The number of carboxylic acid groups (broad SMARTS) is 1. The Hall–Kier alpha value is -1.77. The van der Waals surface area contributed by atoms with Gasteiger partial charge in [-0.3, -0.25) is 4.79 Å². The van der Waals surface area contributed by atoms with E-state index in [1.807, 2.05) is 7.05 Å². The van der Waals surface area contributed by atoms with Gasteiger partial charge < -0.3 is 9.67 Å². The van der Waals surface area contributed by atoms with Gasteiger partial charge in [-0.15, -0.1) is 0 Å². The second-order valence-electron chi connectivity index (χ2n) is 5.45. The Morgan fingerprint density at radius 3 is 2.63 bits per heavy atom. The molecule has 0 aliphatic heterocycles. The molecule has 0 atom stereocenters. The molecule has 2 aromatic rings. The highest BCUT2D eigenvalue weighted by molar-refractivity contribution is 5.86. The van der Waals surface area contributed by atoms with Crippen LogP contribution in [-0.2, 0) is 18.3 Å². The first kappa shape index (κ1) is 13.7. The third-order valence-electron chi connectivity index (χ3n) is 3.90. The van der Waals surface area contributed by atoms with Gasteiger partial charge in [0.2, 0.25) is 0 Å². The molecule has 1 aromatic carbocycles. The Morgan fingerprint density at radius 2 is 2.05 bits per heavy atom. The normalized spacial score (nSPS) is 11.4. The minimum atomic E-state index is -0.739. The van der Waals surface area contributed by atoms with E-state index in [1.54, 1.807) is 0 Å². The summed E-state index contributed by atoms with van der Waals surface area (Å²) in [7, 11) is 2.04. The lowest BCUT2D eigenvalue weighted by Gasteiger charge is -2.06. The molecule has 0 saturated carbocycles. The predicted molar refractivity (Wildman–Crippen MR) is 77.7 cm³/mol. The van der Waals surface area contributed by atoms with E-state index in [-0.39, 0.29) is 6.42 Å². The number of fused-ring (bicyclic) bond motifs is 1. The fraction of sp³-hybridized carbons (Fsp3) is 0.438. The topological polar surface area (TPSA) is 42.2 Å². The number of rotatable bonds is 4.